The molecule has 5 rings (SSSR count). The number of aliphatic hydroxyl groups excluding tert-OH is 2. The molecule has 9 nitrogen and oxygen atoms in total. The van der Waals surface area contributed by atoms with Gasteiger partial charge in [-0.05, 0) is 60.6 Å². The molecule has 198 valence electrons. The second-order valence-corrected chi connectivity index (χ2v) is 10.4. The van der Waals surface area contributed by atoms with Gasteiger partial charge in [0.1, 0.15) is 28.7 Å². The highest BCUT2D eigenvalue weighted by Crippen LogP contribution is 2.54. The van der Waals surface area contributed by atoms with E-state index in [1.807, 2.05) is 0 Å². The van der Waals surface area contributed by atoms with E-state index in [0.717, 1.165) is 0 Å². The molecule has 0 aliphatic heterocycles. The average molecular weight is 523 g/mol. The van der Waals surface area contributed by atoms with E-state index in [2.05, 4.69) is 0 Å². The molecular formula is C28H27FN2O7. The third-order valence-electron chi connectivity index (χ3n) is 7.99. The van der Waals surface area contributed by atoms with Crippen molar-refractivity contribution in [1.29, 1.82) is 0 Å². The third-order valence-corrected chi connectivity index (χ3v) is 7.99. The third kappa shape index (κ3) is 3.36. The lowest BCUT2D eigenvalue weighted by Crippen LogP contribution is -2.58. The van der Waals surface area contributed by atoms with Crippen LogP contribution in [0, 0.1) is 24.6 Å². The first-order valence-corrected chi connectivity index (χ1v) is 12.1. The van der Waals surface area contributed by atoms with Crippen LogP contribution in [0.4, 0.5) is 10.1 Å². The molecule has 1 fully saturated rings. The molecule has 0 radical (unpaired) electrons. The summed E-state index contributed by atoms with van der Waals surface area (Å²) in [5.41, 5.74) is 3.87. The number of primary amides is 1. The predicted molar refractivity (Wildman–Crippen MR) is 136 cm³/mol. The summed E-state index contributed by atoms with van der Waals surface area (Å²) in [5, 5.41) is 44.9. The number of phenolic OH excluding ortho intramolecular Hbond substituents is 1. The number of fused-ring (bicyclic) bond motifs is 3. The lowest BCUT2D eigenvalue weighted by atomic mass is 9.59. The van der Waals surface area contributed by atoms with E-state index in [-0.39, 0.29) is 36.1 Å². The molecule has 0 saturated heterocycles. The number of aliphatic hydroxyl groups is 3. The minimum Gasteiger partial charge on any atom is -0.508 e. The number of Topliss-reactive ketones (excluding diaryl/α,β-unsaturated/α-hetero) is 2. The van der Waals surface area contributed by atoms with E-state index in [1.165, 1.54) is 12.1 Å². The topological polar surface area (TPSA) is 161 Å². The molecule has 38 heavy (non-hydrogen) atoms. The normalized spacial score (nSPS) is 24.7. The van der Waals surface area contributed by atoms with E-state index in [0.29, 0.717) is 27.9 Å². The van der Waals surface area contributed by atoms with Gasteiger partial charge in [-0.25, -0.2) is 4.39 Å². The van der Waals surface area contributed by atoms with Gasteiger partial charge in [0.15, 0.2) is 11.4 Å². The summed E-state index contributed by atoms with van der Waals surface area (Å²) in [5.74, 6) is -7.20. The Balaban J connectivity index is 1.75. The molecule has 3 aliphatic carbocycles. The fourth-order valence-electron chi connectivity index (χ4n) is 6.10. The maximum atomic E-state index is 13.9. The fourth-order valence-corrected chi connectivity index (χ4v) is 6.10. The molecule has 2 aromatic carbocycles. The molecule has 10 heteroatoms. The van der Waals surface area contributed by atoms with E-state index >= 15 is 0 Å². The number of benzene rings is 2. The quantitative estimate of drug-likeness (QED) is 0.384. The zero-order valence-corrected chi connectivity index (χ0v) is 21.0. The lowest BCUT2D eigenvalue weighted by Gasteiger charge is -2.46. The van der Waals surface area contributed by atoms with Gasteiger partial charge in [0.05, 0.1) is 5.56 Å². The second-order valence-electron chi connectivity index (χ2n) is 10.4. The van der Waals surface area contributed by atoms with Crippen molar-refractivity contribution in [2.45, 2.75) is 31.8 Å². The van der Waals surface area contributed by atoms with E-state index in [9.17, 15) is 39.2 Å². The molecule has 0 bridgehead atoms. The number of phenols is 1. The molecule has 0 spiro atoms. The highest BCUT2D eigenvalue weighted by molar-refractivity contribution is 6.22. The van der Waals surface area contributed by atoms with Crippen molar-refractivity contribution in [3.05, 3.63) is 63.7 Å². The Morgan fingerprint density at radius 1 is 1.13 bits per heavy atom. The molecule has 2 aromatic rings. The van der Waals surface area contributed by atoms with Gasteiger partial charge < -0.3 is 31.1 Å². The number of anilines is 1. The first kappa shape index (κ1) is 25.5. The Morgan fingerprint density at radius 3 is 2.42 bits per heavy atom. The number of aromatic hydroxyl groups is 1. The first-order valence-electron chi connectivity index (χ1n) is 12.1. The summed E-state index contributed by atoms with van der Waals surface area (Å²) < 4.78 is 13.9. The number of ketones is 2. The standard InChI is InChI=1S/C28H27FN2O7/c1-11-6-12(4-5-17(11)29)15-10-18(31(2)3)16-8-13-7-14-9-19(32)22(27(30)37)26(36)28(14,38)25(35)20(13)24(34)21(16)23(15)33/h4-6,10,13-14,33-34,36,38H,7-9H2,1-3H3,(H2,30,37). The van der Waals surface area contributed by atoms with Gasteiger partial charge in [-0.1, -0.05) is 6.07 Å². The lowest BCUT2D eigenvalue weighted by molar-refractivity contribution is -0.147. The van der Waals surface area contributed by atoms with Crippen molar-refractivity contribution < 1.29 is 39.2 Å². The van der Waals surface area contributed by atoms with Crippen molar-refractivity contribution in [1.82, 2.24) is 0 Å². The van der Waals surface area contributed by atoms with Gasteiger partial charge in [-0.15, -0.1) is 0 Å². The Morgan fingerprint density at radius 2 is 1.82 bits per heavy atom. The summed E-state index contributed by atoms with van der Waals surface area (Å²) in [4.78, 5) is 39.8. The minimum absolute atomic E-state index is 0.0136. The first-order chi connectivity index (χ1) is 17.8. The monoisotopic (exact) mass is 522 g/mol. The van der Waals surface area contributed by atoms with Gasteiger partial charge in [0.25, 0.3) is 5.91 Å². The van der Waals surface area contributed by atoms with Crippen LogP contribution in [0.15, 0.2) is 41.2 Å². The van der Waals surface area contributed by atoms with E-state index < -0.39 is 57.8 Å². The molecule has 3 unspecified atom stereocenters. The number of aryl methyl sites for hydroxylation is 1. The SMILES string of the molecule is Cc1cc(-c2cc(N(C)C)c3c(c2O)C(O)=C2C(=O)C4(O)C(O)=C(C(N)=O)C(=O)CC4CC2C3)ccc1F. The van der Waals surface area contributed by atoms with Crippen molar-refractivity contribution in [3.63, 3.8) is 0 Å². The maximum Gasteiger partial charge on any atom is 0.255 e. The number of amides is 1. The van der Waals surface area contributed by atoms with Crippen molar-refractivity contribution >= 4 is 28.9 Å². The predicted octanol–water partition coefficient (Wildman–Crippen LogP) is 2.60. The van der Waals surface area contributed by atoms with Crippen LogP contribution in [0.25, 0.3) is 16.9 Å². The number of rotatable bonds is 3. The average Bonchev–Trinajstić information content (AvgIpc) is 2.83. The number of carbonyl (C=O) groups excluding carboxylic acids is 3. The number of hydrogen-bond donors (Lipinski definition) is 5. The van der Waals surface area contributed by atoms with Crippen LogP contribution >= 0.6 is 0 Å². The van der Waals surface area contributed by atoms with Crippen LogP contribution in [-0.4, -0.2) is 57.6 Å². The van der Waals surface area contributed by atoms with Gasteiger partial charge in [-0.3, -0.25) is 14.4 Å². The maximum absolute atomic E-state index is 13.9. The largest absolute Gasteiger partial charge is 0.508 e. The van der Waals surface area contributed by atoms with Gasteiger partial charge in [-0.2, -0.15) is 0 Å². The molecule has 0 heterocycles. The summed E-state index contributed by atoms with van der Waals surface area (Å²) in [6, 6.07) is 6.03. The van der Waals surface area contributed by atoms with E-state index in [4.69, 9.17) is 5.73 Å². The van der Waals surface area contributed by atoms with Crippen LogP contribution < -0.4 is 10.6 Å². The number of nitrogens with zero attached hydrogens (tertiary/aromatic N) is 1. The number of carbonyl (C=O) groups is 3. The zero-order valence-electron chi connectivity index (χ0n) is 21.0. The highest BCUT2D eigenvalue weighted by atomic mass is 19.1. The van der Waals surface area contributed by atoms with Crippen LogP contribution in [0.5, 0.6) is 5.75 Å². The summed E-state index contributed by atoms with van der Waals surface area (Å²) in [6.45, 7) is 1.58. The highest BCUT2D eigenvalue weighted by Gasteiger charge is 2.60. The fraction of sp³-hybridized carbons (Fsp3) is 0.321. The van der Waals surface area contributed by atoms with Crippen molar-refractivity contribution in [2.24, 2.45) is 17.6 Å². The summed E-state index contributed by atoms with van der Waals surface area (Å²) in [7, 11) is 3.56. The van der Waals surface area contributed by atoms with Gasteiger partial charge >= 0.3 is 0 Å². The summed E-state index contributed by atoms with van der Waals surface area (Å²) in [6.07, 6.45) is -0.135. The number of halogens is 1. The summed E-state index contributed by atoms with van der Waals surface area (Å²) >= 11 is 0. The smallest absolute Gasteiger partial charge is 0.255 e. The van der Waals surface area contributed by atoms with Crippen molar-refractivity contribution in [2.75, 3.05) is 19.0 Å². The number of hydrogen-bond acceptors (Lipinski definition) is 8. The van der Waals surface area contributed by atoms with Gasteiger partial charge in [0.2, 0.25) is 5.78 Å². The second kappa shape index (κ2) is 8.42. The number of nitrogens with two attached hydrogens (primary N) is 1. The van der Waals surface area contributed by atoms with E-state index in [1.54, 1.807) is 38.1 Å². The van der Waals surface area contributed by atoms with Crippen molar-refractivity contribution in [3.8, 4) is 16.9 Å². The molecule has 3 atom stereocenters. The van der Waals surface area contributed by atoms with Crippen LogP contribution in [0.2, 0.25) is 0 Å². The Kier molecular flexibility index (Phi) is 5.64. The molecule has 0 aromatic heterocycles. The molecular weight excluding hydrogens is 495 g/mol. The van der Waals surface area contributed by atoms with Crippen LogP contribution in [0.1, 0.15) is 29.5 Å². The molecule has 1 amide bonds. The molecule has 6 N–H and O–H groups in total. The molecule has 3 aliphatic rings. The van der Waals surface area contributed by atoms with Crippen LogP contribution in [0.3, 0.4) is 0 Å². The molecule has 1 saturated carbocycles. The van der Waals surface area contributed by atoms with Crippen LogP contribution in [-0.2, 0) is 20.8 Å². The zero-order chi connectivity index (χ0) is 27.8. The Hall–Kier alpha value is -4.18. The Bertz CT molecular complexity index is 1520. The van der Waals surface area contributed by atoms with Gasteiger partial charge in [0, 0.05) is 43.3 Å². The minimum atomic E-state index is -2.62. The Labute approximate surface area is 217 Å².